The van der Waals surface area contributed by atoms with Crippen LogP contribution in [0.4, 0.5) is 5.69 Å². The summed E-state index contributed by atoms with van der Waals surface area (Å²) in [6, 6.07) is 5.81. The van der Waals surface area contributed by atoms with Gasteiger partial charge in [0.1, 0.15) is 0 Å². The van der Waals surface area contributed by atoms with E-state index in [1.54, 1.807) is 12.1 Å². The Morgan fingerprint density at radius 1 is 1.30 bits per heavy atom. The average molecular weight is 294 g/mol. The minimum absolute atomic E-state index is 0.111. The molecule has 0 aromatic heterocycles. The minimum atomic E-state index is -0.889. The molecule has 5 heteroatoms. The summed E-state index contributed by atoms with van der Waals surface area (Å²) in [5.41, 5.74) is 1.44. The van der Waals surface area contributed by atoms with Crippen LogP contribution in [0, 0.1) is 11.8 Å². The highest BCUT2D eigenvalue weighted by Gasteiger charge is 2.48. The molecule has 0 unspecified atom stereocenters. The van der Waals surface area contributed by atoms with E-state index in [2.05, 4.69) is 4.90 Å². The molecule has 106 valence electrons. The number of carbonyl (C=O) groups excluding carboxylic acids is 1. The molecule has 0 spiro atoms. The first-order chi connectivity index (χ1) is 9.49. The van der Waals surface area contributed by atoms with Gasteiger partial charge in [-0.3, -0.25) is 9.59 Å². The number of halogens is 1. The second-order valence-electron chi connectivity index (χ2n) is 5.66. The molecule has 0 amide bonds. The Balaban J connectivity index is 1.77. The summed E-state index contributed by atoms with van der Waals surface area (Å²) in [5, 5.41) is 9.43. The van der Waals surface area contributed by atoms with Crippen LogP contribution in [0.1, 0.15) is 29.6 Å². The van der Waals surface area contributed by atoms with Gasteiger partial charge >= 0.3 is 5.97 Å². The SMILES string of the molecule is CN(c1ccc(C(=O)[C@H]2C[C@@H]2C(=O)O)cc1Cl)C1CC1. The molecule has 2 saturated carbocycles. The van der Waals surface area contributed by atoms with Crippen LogP contribution in [0.15, 0.2) is 18.2 Å². The second kappa shape index (κ2) is 4.77. The Bertz CT molecular complexity index is 582. The molecule has 2 atom stereocenters. The molecule has 2 fully saturated rings. The van der Waals surface area contributed by atoms with Crippen molar-refractivity contribution in [3.05, 3.63) is 28.8 Å². The van der Waals surface area contributed by atoms with Gasteiger partial charge in [-0.05, 0) is 37.5 Å². The van der Waals surface area contributed by atoms with Crippen LogP contribution in [-0.2, 0) is 4.79 Å². The molecule has 0 radical (unpaired) electrons. The maximum Gasteiger partial charge on any atom is 0.307 e. The van der Waals surface area contributed by atoms with Gasteiger partial charge in [0, 0.05) is 24.6 Å². The van der Waals surface area contributed by atoms with Gasteiger partial charge in [-0.1, -0.05) is 11.6 Å². The van der Waals surface area contributed by atoms with Crippen molar-refractivity contribution in [1.29, 1.82) is 0 Å². The van der Waals surface area contributed by atoms with Crippen LogP contribution in [0.3, 0.4) is 0 Å². The summed E-state index contributed by atoms with van der Waals surface area (Å²) >= 11 is 6.25. The monoisotopic (exact) mass is 293 g/mol. The molecule has 1 aromatic carbocycles. The fraction of sp³-hybridized carbons (Fsp3) is 0.467. The third-order valence-corrected chi connectivity index (χ3v) is 4.45. The summed E-state index contributed by atoms with van der Waals surface area (Å²) < 4.78 is 0. The number of nitrogens with zero attached hydrogens (tertiary/aromatic N) is 1. The summed E-state index contributed by atoms with van der Waals surface area (Å²) in [6.45, 7) is 0. The maximum absolute atomic E-state index is 12.2. The van der Waals surface area contributed by atoms with E-state index < -0.39 is 11.9 Å². The van der Waals surface area contributed by atoms with E-state index in [9.17, 15) is 9.59 Å². The molecular formula is C15H16ClNO3. The number of aliphatic carboxylic acids is 1. The van der Waals surface area contributed by atoms with E-state index in [-0.39, 0.29) is 11.7 Å². The zero-order chi connectivity index (χ0) is 14.4. The topological polar surface area (TPSA) is 57.6 Å². The lowest BCUT2D eigenvalue weighted by atomic mass is 10.1. The van der Waals surface area contributed by atoms with Gasteiger partial charge in [-0.15, -0.1) is 0 Å². The van der Waals surface area contributed by atoms with Crippen LogP contribution in [0.25, 0.3) is 0 Å². The molecule has 3 rings (SSSR count). The quantitative estimate of drug-likeness (QED) is 0.848. The smallest absolute Gasteiger partial charge is 0.307 e. The Hall–Kier alpha value is -1.55. The van der Waals surface area contributed by atoms with Crippen molar-refractivity contribution in [2.45, 2.75) is 25.3 Å². The van der Waals surface area contributed by atoms with Crippen molar-refractivity contribution >= 4 is 29.0 Å². The van der Waals surface area contributed by atoms with Crippen LogP contribution in [0.5, 0.6) is 0 Å². The molecule has 2 aliphatic carbocycles. The van der Waals surface area contributed by atoms with Crippen LogP contribution in [-0.4, -0.2) is 29.9 Å². The number of benzene rings is 1. The zero-order valence-corrected chi connectivity index (χ0v) is 11.9. The number of rotatable bonds is 5. The van der Waals surface area contributed by atoms with Gasteiger partial charge in [-0.25, -0.2) is 0 Å². The minimum Gasteiger partial charge on any atom is -0.481 e. The number of Topliss-reactive ketones (excluding diaryl/α,β-unsaturated/α-hetero) is 1. The molecule has 20 heavy (non-hydrogen) atoms. The number of carboxylic acid groups (broad SMARTS) is 1. The predicted molar refractivity (Wildman–Crippen MR) is 76.4 cm³/mol. The Labute approximate surface area is 122 Å². The van der Waals surface area contributed by atoms with E-state index in [1.165, 1.54) is 12.8 Å². The second-order valence-corrected chi connectivity index (χ2v) is 6.07. The van der Waals surface area contributed by atoms with Crippen molar-refractivity contribution in [1.82, 2.24) is 0 Å². The fourth-order valence-electron chi connectivity index (χ4n) is 2.58. The number of hydrogen-bond donors (Lipinski definition) is 1. The van der Waals surface area contributed by atoms with Gasteiger partial charge in [0.25, 0.3) is 0 Å². The van der Waals surface area contributed by atoms with Crippen molar-refractivity contribution in [2.24, 2.45) is 11.8 Å². The first kappa shape index (κ1) is 13.4. The fourth-order valence-corrected chi connectivity index (χ4v) is 2.89. The number of carbonyl (C=O) groups is 2. The maximum atomic E-state index is 12.2. The Morgan fingerprint density at radius 3 is 2.50 bits per heavy atom. The third kappa shape index (κ3) is 2.40. The molecular weight excluding hydrogens is 278 g/mol. The Morgan fingerprint density at radius 2 is 2.00 bits per heavy atom. The third-order valence-electron chi connectivity index (χ3n) is 4.15. The number of hydrogen-bond acceptors (Lipinski definition) is 3. The van der Waals surface area contributed by atoms with E-state index >= 15 is 0 Å². The lowest BCUT2D eigenvalue weighted by Crippen LogP contribution is -2.20. The number of ketones is 1. The first-order valence-corrected chi connectivity index (χ1v) is 7.16. The van der Waals surface area contributed by atoms with E-state index in [1.807, 2.05) is 13.1 Å². The normalized spacial score (nSPS) is 24.3. The van der Waals surface area contributed by atoms with Crippen LogP contribution < -0.4 is 4.90 Å². The van der Waals surface area contributed by atoms with E-state index in [0.717, 1.165) is 5.69 Å². The summed E-state index contributed by atoms with van der Waals surface area (Å²) in [6.07, 6.45) is 2.79. The van der Waals surface area contributed by atoms with Gasteiger partial charge < -0.3 is 10.0 Å². The van der Waals surface area contributed by atoms with E-state index in [0.29, 0.717) is 23.0 Å². The summed E-state index contributed by atoms with van der Waals surface area (Å²) in [5.74, 6) is -1.90. The van der Waals surface area contributed by atoms with Gasteiger partial charge in [0.15, 0.2) is 5.78 Å². The summed E-state index contributed by atoms with van der Waals surface area (Å²) in [4.78, 5) is 25.1. The highest BCUT2D eigenvalue weighted by atomic mass is 35.5. The van der Waals surface area contributed by atoms with Crippen molar-refractivity contribution < 1.29 is 14.7 Å². The predicted octanol–water partition coefficient (Wildman–Crippen LogP) is 2.84. The highest BCUT2D eigenvalue weighted by Crippen LogP contribution is 2.42. The van der Waals surface area contributed by atoms with Crippen LogP contribution in [0.2, 0.25) is 5.02 Å². The van der Waals surface area contributed by atoms with Crippen LogP contribution >= 0.6 is 11.6 Å². The molecule has 0 aliphatic heterocycles. The lowest BCUT2D eigenvalue weighted by molar-refractivity contribution is -0.138. The molecule has 2 aliphatic rings. The van der Waals surface area contributed by atoms with Crippen molar-refractivity contribution in [3.63, 3.8) is 0 Å². The average Bonchev–Trinajstić information content (AvgIpc) is 3.29. The molecule has 0 saturated heterocycles. The van der Waals surface area contributed by atoms with Crippen molar-refractivity contribution in [2.75, 3.05) is 11.9 Å². The lowest BCUT2D eigenvalue weighted by Gasteiger charge is -2.20. The van der Waals surface area contributed by atoms with Gasteiger partial charge in [0.05, 0.1) is 16.6 Å². The van der Waals surface area contributed by atoms with Crippen molar-refractivity contribution in [3.8, 4) is 0 Å². The largest absolute Gasteiger partial charge is 0.481 e. The van der Waals surface area contributed by atoms with E-state index in [4.69, 9.17) is 16.7 Å². The molecule has 0 bridgehead atoms. The first-order valence-electron chi connectivity index (χ1n) is 6.78. The molecule has 0 heterocycles. The number of carboxylic acids is 1. The molecule has 1 aromatic rings. The highest BCUT2D eigenvalue weighted by molar-refractivity contribution is 6.33. The summed E-state index contributed by atoms with van der Waals surface area (Å²) in [7, 11) is 2.00. The van der Waals surface area contributed by atoms with Gasteiger partial charge in [-0.2, -0.15) is 0 Å². The molecule has 4 nitrogen and oxygen atoms in total. The number of anilines is 1. The molecule has 1 N–H and O–H groups in total. The Kier molecular flexibility index (Phi) is 3.21. The zero-order valence-electron chi connectivity index (χ0n) is 11.2. The standard InChI is InChI=1S/C15H16ClNO3/c1-17(9-3-4-9)13-5-2-8(6-12(13)16)14(18)10-7-11(10)15(19)20/h2,5-6,9-11H,3-4,7H2,1H3,(H,19,20)/t10-,11-/m0/s1. The van der Waals surface area contributed by atoms with Gasteiger partial charge in [0.2, 0.25) is 0 Å².